The summed E-state index contributed by atoms with van der Waals surface area (Å²) in [6.07, 6.45) is 0. The number of hydrogen-bond acceptors (Lipinski definition) is 2. The van der Waals surface area contributed by atoms with Crippen molar-refractivity contribution in [2.75, 3.05) is 0 Å². The fourth-order valence-corrected chi connectivity index (χ4v) is 13.3. The third-order valence-corrected chi connectivity index (χ3v) is 16.7. The predicted molar refractivity (Wildman–Crippen MR) is 264 cm³/mol. The molecule has 0 aliphatic carbocycles. The smallest absolute Gasteiger partial charge is 0.0491 e. The summed E-state index contributed by atoms with van der Waals surface area (Å²) in [7, 11) is -1.60. The Morgan fingerprint density at radius 2 is 0.557 bits per heavy atom. The first-order valence-corrected chi connectivity index (χ1v) is 23.5. The van der Waals surface area contributed by atoms with E-state index in [9.17, 15) is 0 Å². The van der Waals surface area contributed by atoms with Gasteiger partial charge in [0.25, 0.3) is 0 Å². The van der Waals surface area contributed by atoms with Gasteiger partial charge >= 0.3 is 0 Å². The monoisotopic (exact) mass is 920 g/mol. The van der Waals surface area contributed by atoms with E-state index in [-0.39, 0.29) is 31.6 Å². The van der Waals surface area contributed by atoms with Crippen LogP contribution in [0.3, 0.4) is 0 Å². The normalized spacial score (nSPS) is 12.0. The van der Waals surface area contributed by atoms with E-state index >= 15 is 0 Å². The van der Waals surface area contributed by atoms with Crippen LogP contribution in [0, 0.1) is 41.5 Å². The first kappa shape index (κ1) is 45.7. The number of rotatable bonds is 10. The average molecular weight is 920 g/mol. The van der Waals surface area contributed by atoms with Crippen LogP contribution in [0.1, 0.15) is 56.6 Å². The van der Waals surface area contributed by atoms with Crippen LogP contribution >= 0.6 is 15.8 Å². The Morgan fingerprint density at radius 3 is 0.803 bits per heavy atom. The molecule has 0 saturated heterocycles. The molecule has 0 aromatic heterocycles. The van der Waals surface area contributed by atoms with Gasteiger partial charge in [-0.25, -0.2) is 0 Å². The minimum atomic E-state index is -0.798. The van der Waals surface area contributed by atoms with Gasteiger partial charge in [-0.15, -0.1) is 0 Å². The van der Waals surface area contributed by atoms with Crippen molar-refractivity contribution in [3.63, 3.8) is 0 Å². The Hall–Kier alpha value is -4.84. The van der Waals surface area contributed by atoms with Gasteiger partial charge in [-0.2, -0.15) is 0 Å². The summed E-state index contributed by atoms with van der Waals surface area (Å²) in [5, 5.41) is 8.43. The summed E-state index contributed by atoms with van der Waals surface area (Å²) < 4.78 is 0. The second kappa shape index (κ2) is 21.3. The van der Waals surface area contributed by atoms with Gasteiger partial charge in [-0.3, -0.25) is 0 Å². The molecule has 0 bridgehead atoms. The summed E-state index contributed by atoms with van der Waals surface area (Å²) in [6.45, 7) is 13.9. The maximum Gasteiger partial charge on any atom is 0.0491 e. The molecule has 8 rings (SSSR count). The Kier molecular flexibility index (Phi) is 16.0. The number of benzene rings is 8. The minimum absolute atomic E-state index is 0. The summed E-state index contributed by atoms with van der Waals surface area (Å²) in [5.74, 6) is 0. The number of hydrogen-bond donors (Lipinski definition) is 2. The molecule has 0 fully saturated rings. The molecule has 0 heterocycles. The van der Waals surface area contributed by atoms with Crippen LogP contribution in [0.4, 0.5) is 0 Å². The SMILES string of the molecule is Cc1cc(P(c2ccccc2)c2ccccc2)c(-c2c(P(c3ccccc3)c3ccccc3)cc(C)c(C)c2C)c(C)c1C.N[C@H](c1ccccc1)[C@H](N)c1ccccc1.[Ru]. The third-order valence-electron chi connectivity index (χ3n) is 11.8. The van der Waals surface area contributed by atoms with E-state index in [1.165, 1.54) is 76.3 Å². The summed E-state index contributed by atoms with van der Waals surface area (Å²) in [5.41, 5.74) is 25.5. The van der Waals surface area contributed by atoms with E-state index in [1.807, 2.05) is 60.7 Å². The van der Waals surface area contributed by atoms with E-state index in [4.69, 9.17) is 11.5 Å². The van der Waals surface area contributed by atoms with Crippen molar-refractivity contribution in [2.45, 2.75) is 53.6 Å². The van der Waals surface area contributed by atoms with E-state index < -0.39 is 15.8 Å². The molecule has 2 atom stereocenters. The molecule has 5 heteroatoms. The van der Waals surface area contributed by atoms with Crippen molar-refractivity contribution in [3.05, 3.63) is 239 Å². The number of nitrogens with two attached hydrogens (primary N) is 2. The van der Waals surface area contributed by atoms with Gasteiger partial charge < -0.3 is 11.5 Å². The quantitative estimate of drug-likeness (QED) is 0.106. The van der Waals surface area contributed by atoms with Gasteiger partial charge in [0.15, 0.2) is 0 Å². The first-order valence-electron chi connectivity index (χ1n) is 20.8. The van der Waals surface area contributed by atoms with Crippen LogP contribution in [0.15, 0.2) is 194 Å². The molecule has 2 nitrogen and oxygen atoms in total. The van der Waals surface area contributed by atoms with Gasteiger partial charge in [0, 0.05) is 31.6 Å². The zero-order valence-corrected chi connectivity index (χ0v) is 39.6. The standard InChI is InChI=1S/C42H40P2.C14H16N2.Ru/c1-29-27-39(43(35-19-11-7-12-20-35)36-21-13-8-14-22-36)41(33(5)31(29)3)42-34(6)32(4)30(2)28-40(42)44(37-23-15-9-16-24-37)38-25-17-10-18-26-38;15-13(11-7-3-1-4-8-11)14(16)12-9-5-2-6-10-12;/h7-28H,1-6H3;1-10,13-14H,15-16H2;/t;13-,14-;/m.1./s1. The molecule has 0 saturated carbocycles. The van der Waals surface area contributed by atoms with Crippen LogP contribution in [0.25, 0.3) is 11.1 Å². The average Bonchev–Trinajstić information content (AvgIpc) is 3.30. The third kappa shape index (κ3) is 10.3. The van der Waals surface area contributed by atoms with Crippen LogP contribution in [0.2, 0.25) is 0 Å². The Bertz CT molecular complexity index is 2360. The van der Waals surface area contributed by atoms with Gasteiger partial charge in [0.05, 0.1) is 0 Å². The molecule has 61 heavy (non-hydrogen) atoms. The fraction of sp³-hybridized carbons (Fsp3) is 0.143. The van der Waals surface area contributed by atoms with Crippen LogP contribution in [-0.2, 0) is 19.5 Å². The van der Waals surface area contributed by atoms with Crippen LogP contribution < -0.4 is 43.3 Å². The molecular formula is C56H56N2P2Ru. The zero-order valence-electron chi connectivity index (χ0n) is 36.0. The van der Waals surface area contributed by atoms with Gasteiger partial charge in [-0.05, 0) is 145 Å². The second-order valence-corrected chi connectivity index (χ2v) is 19.9. The van der Waals surface area contributed by atoms with Crippen LogP contribution in [0.5, 0.6) is 0 Å². The number of aryl methyl sites for hydroxylation is 2. The molecule has 0 radical (unpaired) electrons. The molecular weight excluding hydrogens is 864 g/mol. The van der Waals surface area contributed by atoms with E-state index in [2.05, 4.69) is 175 Å². The summed E-state index contributed by atoms with van der Waals surface area (Å²) in [4.78, 5) is 0. The molecule has 0 aliphatic heterocycles. The zero-order chi connectivity index (χ0) is 42.2. The van der Waals surface area contributed by atoms with Crippen molar-refractivity contribution in [1.82, 2.24) is 0 Å². The topological polar surface area (TPSA) is 52.0 Å². The first-order chi connectivity index (χ1) is 29.2. The predicted octanol–water partition coefficient (Wildman–Crippen LogP) is 11.1. The van der Waals surface area contributed by atoms with Crippen molar-refractivity contribution >= 4 is 47.7 Å². The molecule has 4 N–H and O–H groups in total. The van der Waals surface area contributed by atoms with Crippen LogP contribution in [-0.4, -0.2) is 0 Å². The second-order valence-electron chi connectivity index (χ2n) is 15.6. The Morgan fingerprint density at radius 1 is 0.328 bits per heavy atom. The molecule has 0 unspecified atom stereocenters. The maximum atomic E-state index is 6.15. The van der Waals surface area contributed by atoms with Crippen molar-refractivity contribution in [2.24, 2.45) is 11.5 Å². The molecule has 308 valence electrons. The van der Waals surface area contributed by atoms with Gasteiger partial charge in [-0.1, -0.05) is 194 Å². The van der Waals surface area contributed by atoms with Crippen molar-refractivity contribution < 1.29 is 19.5 Å². The summed E-state index contributed by atoms with van der Waals surface area (Å²) in [6, 6.07) is 69.2. The Labute approximate surface area is 379 Å². The maximum absolute atomic E-state index is 6.15. The van der Waals surface area contributed by atoms with E-state index in [0.717, 1.165) is 11.1 Å². The minimum Gasteiger partial charge on any atom is -0.322 e. The van der Waals surface area contributed by atoms with E-state index in [1.54, 1.807) is 0 Å². The summed E-state index contributed by atoms with van der Waals surface area (Å²) >= 11 is 0. The van der Waals surface area contributed by atoms with E-state index in [0.29, 0.717) is 0 Å². The molecule has 0 spiro atoms. The molecule has 8 aromatic rings. The fourth-order valence-electron chi connectivity index (χ4n) is 8.03. The van der Waals surface area contributed by atoms with Crippen molar-refractivity contribution in [3.8, 4) is 11.1 Å². The van der Waals surface area contributed by atoms with Gasteiger partial charge in [0.1, 0.15) is 0 Å². The molecule has 0 amide bonds. The van der Waals surface area contributed by atoms with Gasteiger partial charge in [0.2, 0.25) is 0 Å². The largest absolute Gasteiger partial charge is 0.322 e. The Balaban J connectivity index is 0.000000307. The van der Waals surface area contributed by atoms with Crippen molar-refractivity contribution in [1.29, 1.82) is 0 Å². The molecule has 8 aromatic carbocycles. The molecule has 0 aliphatic rings.